The van der Waals surface area contributed by atoms with Gasteiger partial charge in [-0.15, -0.1) is 0 Å². The summed E-state index contributed by atoms with van der Waals surface area (Å²) in [6, 6.07) is 7.77. The van der Waals surface area contributed by atoms with E-state index in [1.807, 2.05) is 38.1 Å². The molecule has 1 aliphatic heterocycles. The van der Waals surface area contributed by atoms with Crippen molar-refractivity contribution in [3.63, 3.8) is 0 Å². The summed E-state index contributed by atoms with van der Waals surface area (Å²) in [5, 5.41) is 0.960. The van der Waals surface area contributed by atoms with Crippen molar-refractivity contribution in [2.45, 2.75) is 19.3 Å². The highest BCUT2D eigenvalue weighted by Crippen LogP contribution is 2.45. The molecule has 0 spiro atoms. The summed E-state index contributed by atoms with van der Waals surface area (Å²) in [7, 11) is 1.79. The number of hydrogen-bond donors (Lipinski definition) is 0. The molecule has 1 aromatic heterocycles. The first-order valence-electron chi connectivity index (χ1n) is 5.94. The van der Waals surface area contributed by atoms with Gasteiger partial charge in [-0.05, 0) is 26.0 Å². The van der Waals surface area contributed by atoms with Gasteiger partial charge in [-0.25, -0.2) is 0 Å². The first kappa shape index (κ1) is 11.1. The second-order valence-corrected chi connectivity index (χ2v) is 5.24. The molecule has 0 saturated heterocycles. The fourth-order valence-electron chi connectivity index (χ4n) is 2.51. The summed E-state index contributed by atoms with van der Waals surface area (Å²) in [5.74, 6) is 1.30. The molecule has 92 valence electrons. The lowest BCUT2D eigenvalue weighted by Crippen LogP contribution is -2.28. The molecule has 0 radical (unpaired) electrons. The van der Waals surface area contributed by atoms with Crippen molar-refractivity contribution in [1.29, 1.82) is 0 Å². The third-order valence-electron chi connectivity index (χ3n) is 3.80. The summed E-state index contributed by atoms with van der Waals surface area (Å²) in [6.45, 7) is 7.87. The Morgan fingerprint density at radius 1 is 1.28 bits per heavy atom. The van der Waals surface area contributed by atoms with E-state index in [1.54, 1.807) is 11.6 Å². The number of fused-ring (bicyclic) bond motifs is 3. The zero-order valence-corrected chi connectivity index (χ0v) is 10.8. The van der Waals surface area contributed by atoms with Crippen molar-refractivity contribution in [2.24, 2.45) is 7.05 Å². The third kappa shape index (κ3) is 1.16. The molecular weight excluding hydrogens is 226 g/mol. The van der Waals surface area contributed by atoms with Crippen molar-refractivity contribution < 1.29 is 4.74 Å². The van der Waals surface area contributed by atoms with Crippen molar-refractivity contribution in [1.82, 2.24) is 4.57 Å². The minimum atomic E-state index is -0.436. The van der Waals surface area contributed by atoms with E-state index in [2.05, 4.69) is 6.58 Å². The van der Waals surface area contributed by atoms with Crippen LogP contribution in [0.4, 0.5) is 0 Å². The Hall–Kier alpha value is -2.03. The second kappa shape index (κ2) is 3.25. The van der Waals surface area contributed by atoms with Crippen molar-refractivity contribution in [3.8, 4) is 5.75 Å². The molecule has 0 unspecified atom stereocenters. The van der Waals surface area contributed by atoms with E-state index in [0.29, 0.717) is 17.1 Å². The van der Waals surface area contributed by atoms with Gasteiger partial charge in [0.1, 0.15) is 11.5 Å². The van der Waals surface area contributed by atoms with E-state index in [-0.39, 0.29) is 5.56 Å². The van der Waals surface area contributed by atoms with Gasteiger partial charge in [0.25, 0.3) is 5.56 Å². The number of rotatable bonds is 0. The van der Waals surface area contributed by atoms with Crippen LogP contribution in [0.1, 0.15) is 19.4 Å². The first-order chi connectivity index (χ1) is 8.44. The van der Waals surface area contributed by atoms with Crippen LogP contribution in [-0.4, -0.2) is 4.57 Å². The molecular formula is C15H15NO2. The van der Waals surface area contributed by atoms with Gasteiger partial charge in [0, 0.05) is 12.4 Å². The second-order valence-electron chi connectivity index (χ2n) is 5.24. The fourth-order valence-corrected chi connectivity index (χ4v) is 2.51. The number of benzene rings is 1. The summed E-state index contributed by atoms with van der Waals surface area (Å²) in [5.41, 5.74) is 1.14. The van der Waals surface area contributed by atoms with E-state index >= 15 is 0 Å². The van der Waals surface area contributed by atoms with E-state index in [1.165, 1.54) is 0 Å². The van der Waals surface area contributed by atoms with Crippen LogP contribution < -0.4 is 10.3 Å². The van der Waals surface area contributed by atoms with Crippen LogP contribution in [0.2, 0.25) is 0 Å². The van der Waals surface area contributed by atoms with Crippen LogP contribution in [0.5, 0.6) is 5.75 Å². The standard InChI is InChI=1S/C15H15NO2/c1-9-15(2,3)12-13(18-9)10-7-5-6-8-11(10)16(4)14(12)17/h5-8H,1H2,2-4H3. The van der Waals surface area contributed by atoms with Crippen molar-refractivity contribution in [2.75, 3.05) is 0 Å². The Morgan fingerprint density at radius 2 is 1.94 bits per heavy atom. The number of ether oxygens (including phenoxy) is 1. The Balaban J connectivity index is 2.57. The molecule has 2 heterocycles. The lowest BCUT2D eigenvalue weighted by atomic mass is 9.85. The van der Waals surface area contributed by atoms with Crippen LogP contribution in [0.25, 0.3) is 10.9 Å². The Kier molecular flexibility index (Phi) is 2.00. The minimum absolute atomic E-state index is 0.00708. The number of nitrogens with zero attached hydrogens (tertiary/aromatic N) is 1. The monoisotopic (exact) mass is 241 g/mol. The largest absolute Gasteiger partial charge is 0.460 e. The van der Waals surface area contributed by atoms with Gasteiger partial charge < -0.3 is 9.30 Å². The topological polar surface area (TPSA) is 31.2 Å². The summed E-state index contributed by atoms with van der Waals surface area (Å²) >= 11 is 0. The number of allylic oxidation sites excluding steroid dienone is 1. The molecule has 1 aromatic carbocycles. The molecule has 0 N–H and O–H groups in total. The number of para-hydroxylation sites is 1. The SMILES string of the molecule is C=C1Oc2c(c(=O)n(C)c3ccccc23)C1(C)C. The molecule has 0 saturated carbocycles. The maximum absolute atomic E-state index is 12.5. The van der Waals surface area contributed by atoms with Crippen LogP contribution in [-0.2, 0) is 12.5 Å². The number of pyridine rings is 1. The molecule has 0 atom stereocenters. The Morgan fingerprint density at radius 3 is 2.67 bits per heavy atom. The smallest absolute Gasteiger partial charge is 0.258 e. The highest BCUT2D eigenvalue weighted by molar-refractivity contribution is 5.88. The first-order valence-corrected chi connectivity index (χ1v) is 5.94. The van der Waals surface area contributed by atoms with Gasteiger partial charge in [0.15, 0.2) is 0 Å². The molecule has 0 amide bonds. The summed E-state index contributed by atoms with van der Waals surface area (Å²) in [4.78, 5) is 12.5. The average Bonchev–Trinajstić information content (AvgIpc) is 2.58. The molecule has 2 aromatic rings. The van der Waals surface area contributed by atoms with Gasteiger partial charge in [-0.1, -0.05) is 18.7 Å². The number of aromatic nitrogens is 1. The van der Waals surface area contributed by atoms with E-state index < -0.39 is 5.41 Å². The maximum atomic E-state index is 12.5. The fraction of sp³-hybridized carbons (Fsp3) is 0.267. The molecule has 3 heteroatoms. The molecule has 3 rings (SSSR count). The van der Waals surface area contributed by atoms with E-state index in [4.69, 9.17) is 4.74 Å². The molecule has 0 bridgehead atoms. The predicted octanol–water partition coefficient (Wildman–Crippen LogP) is 2.72. The summed E-state index contributed by atoms with van der Waals surface area (Å²) in [6.07, 6.45) is 0. The van der Waals surface area contributed by atoms with Gasteiger partial charge in [0.05, 0.1) is 16.5 Å². The van der Waals surface area contributed by atoms with E-state index in [0.717, 1.165) is 10.9 Å². The molecule has 3 nitrogen and oxygen atoms in total. The van der Waals surface area contributed by atoms with Crippen LogP contribution in [0, 0.1) is 0 Å². The van der Waals surface area contributed by atoms with Crippen LogP contribution in [0.3, 0.4) is 0 Å². The average molecular weight is 241 g/mol. The lowest BCUT2D eigenvalue weighted by molar-refractivity contribution is 0.398. The normalized spacial score (nSPS) is 16.7. The zero-order chi connectivity index (χ0) is 13.1. The van der Waals surface area contributed by atoms with Crippen molar-refractivity contribution >= 4 is 10.9 Å². The summed E-state index contributed by atoms with van der Waals surface area (Å²) < 4.78 is 7.44. The highest BCUT2D eigenvalue weighted by atomic mass is 16.5. The number of aryl methyl sites for hydroxylation is 1. The van der Waals surface area contributed by atoms with Gasteiger partial charge >= 0.3 is 0 Å². The molecule has 18 heavy (non-hydrogen) atoms. The van der Waals surface area contributed by atoms with Crippen LogP contribution in [0.15, 0.2) is 41.4 Å². The molecule has 1 aliphatic rings. The van der Waals surface area contributed by atoms with Crippen LogP contribution >= 0.6 is 0 Å². The number of hydrogen-bond acceptors (Lipinski definition) is 2. The maximum Gasteiger partial charge on any atom is 0.258 e. The van der Waals surface area contributed by atoms with Gasteiger partial charge in [-0.3, -0.25) is 4.79 Å². The quantitative estimate of drug-likeness (QED) is 0.710. The van der Waals surface area contributed by atoms with E-state index in [9.17, 15) is 4.79 Å². The Bertz CT molecular complexity index is 738. The third-order valence-corrected chi connectivity index (χ3v) is 3.80. The highest BCUT2D eigenvalue weighted by Gasteiger charge is 2.40. The lowest BCUT2D eigenvalue weighted by Gasteiger charge is -2.17. The van der Waals surface area contributed by atoms with Crippen molar-refractivity contribution in [3.05, 3.63) is 52.5 Å². The van der Waals surface area contributed by atoms with Gasteiger partial charge in [0.2, 0.25) is 0 Å². The predicted molar refractivity (Wildman–Crippen MR) is 72.0 cm³/mol. The van der Waals surface area contributed by atoms with Gasteiger partial charge in [-0.2, -0.15) is 0 Å². The molecule has 0 aliphatic carbocycles. The minimum Gasteiger partial charge on any atom is -0.460 e. The zero-order valence-electron chi connectivity index (χ0n) is 10.8. The Labute approximate surface area is 105 Å². The molecule has 0 fully saturated rings.